The zero-order valence-electron chi connectivity index (χ0n) is 15.3. The van der Waals surface area contributed by atoms with Gasteiger partial charge >= 0.3 is 0 Å². The van der Waals surface area contributed by atoms with Crippen molar-refractivity contribution in [1.82, 2.24) is 5.16 Å². The summed E-state index contributed by atoms with van der Waals surface area (Å²) in [6.07, 6.45) is 0. The van der Waals surface area contributed by atoms with E-state index in [-0.39, 0.29) is 18.4 Å². The van der Waals surface area contributed by atoms with Crippen molar-refractivity contribution in [2.45, 2.75) is 20.4 Å². The molecule has 27 heavy (non-hydrogen) atoms. The number of nitrogens with zero attached hydrogens (tertiary/aromatic N) is 3. The molecule has 0 unspecified atom stereocenters. The van der Waals surface area contributed by atoms with Gasteiger partial charge < -0.3 is 9.42 Å². The molecule has 0 aliphatic rings. The maximum absolute atomic E-state index is 13.1. The van der Waals surface area contributed by atoms with Crippen molar-refractivity contribution in [1.29, 1.82) is 0 Å². The minimum Gasteiger partial charge on any atom is -0.360 e. The number of benzene rings is 2. The average Bonchev–Trinajstić information content (AvgIpc) is 3.11. The minimum absolute atomic E-state index is 0.122. The van der Waals surface area contributed by atoms with E-state index in [9.17, 15) is 9.59 Å². The Morgan fingerprint density at radius 3 is 2.15 bits per heavy atom. The summed E-state index contributed by atoms with van der Waals surface area (Å²) < 4.78 is 5.05. The van der Waals surface area contributed by atoms with Crippen molar-refractivity contribution < 1.29 is 14.1 Å². The zero-order valence-corrected chi connectivity index (χ0v) is 15.3. The highest BCUT2D eigenvalue weighted by molar-refractivity contribution is 6.02. The first kappa shape index (κ1) is 18.4. The van der Waals surface area contributed by atoms with Crippen LogP contribution in [-0.4, -0.2) is 23.5 Å². The summed E-state index contributed by atoms with van der Waals surface area (Å²) in [5, 5.41) is 3.87. The van der Waals surface area contributed by atoms with Gasteiger partial charge in [0, 0.05) is 18.7 Å². The molecule has 0 saturated heterocycles. The van der Waals surface area contributed by atoms with Crippen LogP contribution in [0.3, 0.4) is 0 Å². The van der Waals surface area contributed by atoms with E-state index in [0.29, 0.717) is 18.1 Å². The van der Waals surface area contributed by atoms with Crippen LogP contribution in [0, 0.1) is 6.92 Å². The number of carbonyl (C=O) groups excluding carboxylic acids is 2. The number of para-hydroxylation sites is 1. The molecule has 0 aliphatic heterocycles. The molecule has 0 saturated carbocycles. The first-order chi connectivity index (χ1) is 13.0. The van der Waals surface area contributed by atoms with Crippen LogP contribution in [0.4, 0.5) is 11.5 Å². The number of aryl methyl sites for hydroxylation is 1. The molecule has 2 aromatic carbocycles. The Balaban J connectivity index is 1.86. The quantitative estimate of drug-likeness (QED) is 0.671. The monoisotopic (exact) mass is 363 g/mol. The summed E-state index contributed by atoms with van der Waals surface area (Å²) in [5.74, 6) is 0.430. The molecule has 0 spiro atoms. The Kier molecular flexibility index (Phi) is 5.66. The molecule has 0 bridgehead atoms. The number of carbonyl (C=O) groups is 2. The highest BCUT2D eigenvalue weighted by atomic mass is 16.5. The van der Waals surface area contributed by atoms with Crippen LogP contribution in [-0.2, 0) is 16.1 Å². The minimum atomic E-state index is -0.274. The fraction of sp³-hybridized carbons (Fsp3) is 0.190. The molecule has 2 amide bonds. The van der Waals surface area contributed by atoms with E-state index in [1.54, 1.807) is 17.9 Å². The second-order valence-electron chi connectivity index (χ2n) is 6.20. The molecule has 3 aromatic rings. The Labute approximate surface area is 158 Å². The van der Waals surface area contributed by atoms with E-state index in [1.165, 1.54) is 11.8 Å². The summed E-state index contributed by atoms with van der Waals surface area (Å²) in [6, 6.07) is 20.8. The lowest BCUT2D eigenvalue weighted by atomic mass is 10.2. The molecule has 0 aliphatic carbocycles. The van der Waals surface area contributed by atoms with E-state index in [1.807, 2.05) is 60.7 Å². The highest BCUT2D eigenvalue weighted by Crippen LogP contribution is 2.19. The Morgan fingerprint density at radius 2 is 1.59 bits per heavy atom. The van der Waals surface area contributed by atoms with Gasteiger partial charge in [-0.05, 0) is 24.6 Å². The number of aromatic nitrogens is 1. The third kappa shape index (κ3) is 4.61. The number of amides is 2. The highest BCUT2D eigenvalue weighted by Gasteiger charge is 2.23. The maximum atomic E-state index is 13.1. The van der Waals surface area contributed by atoms with Gasteiger partial charge in [0.05, 0.1) is 6.54 Å². The lowest BCUT2D eigenvalue weighted by Gasteiger charge is -2.26. The molecule has 0 N–H and O–H groups in total. The van der Waals surface area contributed by atoms with Gasteiger partial charge in [0.2, 0.25) is 11.8 Å². The van der Waals surface area contributed by atoms with Gasteiger partial charge in [0.1, 0.15) is 12.3 Å². The number of rotatable bonds is 6. The van der Waals surface area contributed by atoms with Crippen LogP contribution < -0.4 is 9.80 Å². The molecule has 6 nitrogen and oxygen atoms in total. The second kappa shape index (κ2) is 8.31. The molecule has 138 valence electrons. The molecular weight excluding hydrogens is 342 g/mol. The Hall–Kier alpha value is -3.41. The van der Waals surface area contributed by atoms with Crippen LogP contribution in [0.1, 0.15) is 18.2 Å². The van der Waals surface area contributed by atoms with E-state index in [4.69, 9.17) is 4.52 Å². The number of hydrogen-bond donors (Lipinski definition) is 0. The fourth-order valence-corrected chi connectivity index (χ4v) is 2.75. The molecule has 0 radical (unpaired) electrons. The predicted octanol–water partition coefficient (Wildman–Crippen LogP) is 3.57. The standard InChI is InChI=1S/C21H21N3O3/c1-16-13-20(22-27-16)23(17(2)25)15-21(26)24(19-11-7-4-8-12-19)14-18-9-5-3-6-10-18/h3-13H,14-15H2,1-2H3. The second-order valence-corrected chi connectivity index (χ2v) is 6.20. The largest absolute Gasteiger partial charge is 0.360 e. The summed E-state index contributed by atoms with van der Waals surface area (Å²) >= 11 is 0. The van der Waals surface area contributed by atoms with E-state index in [0.717, 1.165) is 11.3 Å². The maximum Gasteiger partial charge on any atom is 0.247 e. The van der Waals surface area contributed by atoms with Gasteiger partial charge in [-0.15, -0.1) is 0 Å². The first-order valence-electron chi connectivity index (χ1n) is 8.65. The van der Waals surface area contributed by atoms with Gasteiger partial charge in [-0.2, -0.15) is 0 Å². The molecule has 1 heterocycles. The van der Waals surface area contributed by atoms with Gasteiger partial charge in [0.25, 0.3) is 0 Å². The average molecular weight is 363 g/mol. The lowest BCUT2D eigenvalue weighted by Crippen LogP contribution is -2.42. The lowest BCUT2D eigenvalue weighted by molar-refractivity contribution is -0.121. The van der Waals surface area contributed by atoms with Crippen molar-refractivity contribution >= 4 is 23.3 Å². The van der Waals surface area contributed by atoms with Gasteiger partial charge in [-0.3, -0.25) is 14.5 Å². The van der Waals surface area contributed by atoms with Crippen LogP contribution in [0.5, 0.6) is 0 Å². The smallest absolute Gasteiger partial charge is 0.247 e. The summed E-state index contributed by atoms with van der Waals surface area (Å²) in [5.41, 5.74) is 1.77. The van der Waals surface area contributed by atoms with E-state index < -0.39 is 0 Å². The van der Waals surface area contributed by atoms with Crippen molar-refractivity contribution in [3.8, 4) is 0 Å². The molecular formula is C21H21N3O3. The van der Waals surface area contributed by atoms with Crippen molar-refractivity contribution in [3.63, 3.8) is 0 Å². The molecule has 1 aromatic heterocycles. The van der Waals surface area contributed by atoms with Crippen molar-refractivity contribution in [3.05, 3.63) is 78.1 Å². The predicted molar refractivity (Wildman–Crippen MR) is 103 cm³/mol. The Bertz CT molecular complexity index is 907. The number of hydrogen-bond acceptors (Lipinski definition) is 4. The van der Waals surface area contributed by atoms with Crippen molar-refractivity contribution in [2.24, 2.45) is 0 Å². The Morgan fingerprint density at radius 1 is 0.963 bits per heavy atom. The fourth-order valence-electron chi connectivity index (χ4n) is 2.75. The van der Waals surface area contributed by atoms with E-state index in [2.05, 4.69) is 5.16 Å². The normalized spacial score (nSPS) is 10.4. The summed E-state index contributed by atoms with van der Waals surface area (Å²) in [7, 11) is 0. The number of anilines is 2. The topological polar surface area (TPSA) is 66.7 Å². The van der Waals surface area contributed by atoms with Crippen LogP contribution in [0.25, 0.3) is 0 Å². The van der Waals surface area contributed by atoms with E-state index >= 15 is 0 Å². The molecule has 0 fully saturated rings. The van der Waals surface area contributed by atoms with Gasteiger partial charge in [-0.25, -0.2) is 0 Å². The van der Waals surface area contributed by atoms with Crippen molar-refractivity contribution in [2.75, 3.05) is 16.3 Å². The van der Waals surface area contributed by atoms with Gasteiger partial charge in [-0.1, -0.05) is 53.7 Å². The molecule has 3 rings (SSSR count). The zero-order chi connectivity index (χ0) is 19.2. The van der Waals surface area contributed by atoms with Crippen LogP contribution in [0.2, 0.25) is 0 Å². The van der Waals surface area contributed by atoms with Crippen LogP contribution in [0.15, 0.2) is 71.3 Å². The van der Waals surface area contributed by atoms with Crippen LogP contribution >= 0.6 is 0 Å². The molecule has 0 atom stereocenters. The van der Waals surface area contributed by atoms with Gasteiger partial charge in [0.15, 0.2) is 5.82 Å². The third-order valence-electron chi connectivity index (χ3n) is 4.12. The summed E-state index contributed by atoms with van der Waals surface area (Å²) in [6.45, 7) is 3.43. The molecule has 6 heteroatoms. The third-order valence-corrected chi connectivity index (χ3v) is 4.12. The summed E-state index contributed by atoms with van der Waals surface area (Å²) in [4.78, 5) is 28.2. The SMILES string of the molecule is CC(=O)N(CC(=O)N(Cc1ccccc1)c1ccccc1)c1cc(C)on1. The first-order valence-corrected chi connectivity index (χ1v) is 8.65.